The summed E-state index contributed by atoms with van der Waals surface area (Å²) in [6, 6.07) is 3.45. The first-order chi connectivity index (χ1) is 9.85. The van der Waals surface area contributed by atoms with Crippen molar-refractivity contribution in [2.75, 3.05) is 18.1 Å². The van der Waals surface area contributed by atoms with Crippen LogP contribution in [0, 0.1) is 5.92 Å². The Morgan fingerprint density at radius 1 is 1.57 bits per heavy atom. The number of aliphatic hydroxyl groups excluding tert-OH is 1. The topological polar surface area (TPSA) is 79.4 Å². The van der Waals surface area contributed by atoms with Gasteiger partial charge in [0.25, 0.3) is 5.91 Å². The van der Waals surface area contributed by atoms with Gasteiger partial charge in [-0.2, -0.15) is 0 Å². The van der Waals surface area contributed by atoms with Crippen LogP contribution in [0.1, 0.15) is 43.5 Å². The first kappa shape index (κ1) is 16.2. The third kappa shape index (κ3) is 3.55. The average molecular weight is 356 g/mol. The van der Waals surface area contributed by atoms with Crippen LogP contribution in [-0.2, 0) is 0 Å². The molecular formula is C15H22BrN3O2. The van der Waals surface area contributed by atoms with Gasteiger partial charge >= 0.3 is 0 Å². The summed E-state index contributed by atoms with van der Waals surface area (Å²) in [6.07, 6.45) is 2.80. The smallest absolute Gasteiger partial charge is 0.252 e. The van der Waals surface area contributed by atoms with E-state index in [1.54, 1.807) is 12.1 Å². The SMILES string of the molecule is CC1(C)C[C@H](CCCO)CN1c1nc(Br)ccc1C(N)=O. The molecule has 1 aliphatic heterocycles. The lowest BCUT2D eigenvalue weighted by molar-refractivity contribution is 0.100. The average Bonchev–Trinajstić information content (AvgIpc) is 2.70. The van der Waals surface area contributed by atoms with E-state index in [2.05, 4.69) is 39.7 Å². The zero-order valence-corrected chi connectivity index (χ0v) is 14.1. The monoisotopic (exact) mass is 355 g/mol. The lowest BCUT2D eigenvalue weighted by atomic mass is 9.93. The number of hydrogen-bond donors (Lipinski definition) is 2. The first-order valence-electron chi connectivity index (χ1n) is 7.20. The van der Waals surface area contributed by atoms with Crippen LogP contribution in [-0.4, -0.2) is 34.7 Å². The van der Waals surface area contributed by atoms with Crippen LogP contribution in [0.4, 0.5) is 5.82 Å². The molecule has 116 valence electrons. The van der Waals surface area contributed by atoms with Crippen LogP contribution in [0.5, 0.6) is 0 Å². The van der Waals surface area contributed by atoms with Crippen LogP contribution < -0.4 is 10.6 Å². The summed E-state index contributed by atoms with van der Waals surface area (Å²) in [5.41, 5.74) is 5.85. The molecule has 1 amide bonds. The third-order valence-electron chi connectivity index (χ3n) is 4.09. The van der Waals surface area contributed by atoms with Crippen molar-refractivity contribution in [2.45, 2.75) is 38.6 Å². The highest BCUT2D eigenvalue weighted by Crippen LogP contribution is 2.39. The zero-order valence-electron chi connectivity index (χ0n) is 12.5. The molecule has 0 aliphatic carbocycles. The summed E-state index contributed by atoms with van der Waals surface area (Å²) in [5, 5.41) is 9.00. The maximum Gasteiger partial charge on any atom is 0.252 e. The van der Waals surface area contributed by atoms with Crippen molar-refractivity contribution in [1.29, 1.82) is 0 Å². The molecule has 0 radical (unpaired) electrons. The van der Waals surface area contributed by atoms with Gasteiger partial charge < -0.3 is 15.7 Å². The highest BCUT2D eigenvalue weighted by Gasteiger charge is 2.40. The molecule has 2 heterocycles. The number of aromatic nitrogens is 1. The van der Waals surface area contributed by atoms with Crippen molar-refractivity contribution in [2.24, 2.45) is 11.7 Å². The van der Waals surface area contributed by atoms with E-state index in [0.29, 0.717) is 21.9 Å². The first-order valence-corrected chi connectivity index (χ1v) is 7.99. The molecule has 21 heavy (non-hydrogen) atoms. The second-order valence-electron chi connectivity index (χ2n) is 6.23. The summed E-state index contributed by atoms with van der Waals surface area (Å²) in [4.78, 5) is 18.3. The van der Waals surface area contributed by atoms with Crippen molar-refractivity contribution in [3.05, 3.63) is 22.3 Å². The maximum atomic E-state index is 11.7. The van der Waals surface area contributed by atoms with Gasteiger partial charge in [0.1, 0.15) is 10.4 Å². The number of carbonyl (C=O) groups excluding carboxylic acids is 1. The Bertz CT molecular complexity index is 534. The molecule has 1 aliphatic rings. The minimum absolute atomic E-state index is 0.0852. The van der Waals surface area contributed by atoms with E-state index < -0.39 is 5.91 Å². The Morgan fingerprint density at radius 3 is 2.90 bits per heavy atom. The van der Waals surface area contributed by atoms with Gasteiger partial charge in [-0.25, -0.2) is 4.98 Å². The van der Waals surface area contributed by atoms with Crippen molar-refractivity contribution >= 4 is 27.7 Å². The Balaban J connectivity index is 2.32. The van der Waals surface area contributed by atoms with Crippen LogP contribution in [0.15, 0.2) is 16.7 Å². The number of halogens is 1. The molecule has 1 aromatic rings. The maximum absolute atomic E-state index is 11.7. The molecule has 1 saturated heterocycles. The Hall–Kier alpha value is -1.14. The molecule has 0 spiro atoms. The fourth-order valence-corrected chi connectivity index (χ4v) is 3.46. The van der Waals surface area contributed by atoms with E-state index in [1.807, 2.05) is 0 Å². The van der Waals surface area contributed by atoms with Crippen molar-refractivity contribution in [1.82, 2.24) is 4.98 Å². The van der Waals surface area contributed by atoms with Crippen molar-refractivity contribution < 1.29 is 9.90 Å². The molecule has 0 unspecified atom stereocenters. The number of amides is 1. The van der Waals surface area contributed by atoms with Gasteiger partial charge in [-0.3, -0.25) is 4.79 Å². The Kier molecular flexibility index (Phi) is 4.88. The number of pyridine rings is 1. The van der Waals surface area contributed by atoms with E-state index in [1.165, 1.54) is 0 Å². The zero-order chi connectivity index (χ0) is 15.6. The van der Waals surface area contributed by atoms with Crippen LogP contribution in [0.25, 0.3) is 0 Å². The lowest BCUT2D eigenvalue weighted by Crippen LogP contribution is -2.40. The molecule has 0 aromatic carbocycles. The molecule has 1 fully saturated rings. The number of primary amides is 1. The van der Waals surface area contributed by atoms with E-state index >= 15 is 0 Å². The number of anilines is 1. The van der Waals surface area contributed by atoms with Gasteiger partial charge in [0.2, 0.25) is 0 Å². The molecular weight excluding hydrogens is 334 g/mol. The molecule has 5 nitrogen and oxygen atoms in total. The normalized spacial score (nSPS) is 20.8. The van der Waals surface area contributed by atoms with E-state index in [-0.39, 0.29) is 12.1 Å². The van der Waals surface area contributed by atoms with Crippen molar-refractivity contribution in [3.8, 4) is 0 Å². The van der Waals surface area contributed by atoms with Gasteiger partial charge in [0.15, 0.2) is 0 Å². The molecule has 2 rings (SSSR count). The molecule has 0 saturated carbocycles. The summed E-state index contributed by atoms with van der Waals surface area (Å²) >= 11 is 3.36. The standard InChI is InChI=1S/C15H22BrN3O2/c1-15(2)8-10(4-3-7-20)9-19(15)14-11(13(17)21)5-6-12(16)18-14/h5-6,10,20H,3-4,7-9H2,1-2H3,(H2,17,21)/t10-/m0/s1. The van der Waals surface area contributed by atoms with Gasteiger partial charge in [0, 0.05) is 18.7 Å². The molecule has 1 atom stereocenters. The number of nitrogens with two attached hydrogens (primary N) is 1. The van der Waals surface area contributed by atoms with Crippen LogP contribution in [0.3, 0.4) is 0 Å². The van der Waals surface area contributed by atoms with Gasteiger partial charge in [0.05, 0.1) is 5.56 Å². The van der Waals surface area contributed by atoms with E-state index in [4.69, 9.17) is 10.8 Å². The number of aliphatic hydroxyl groups is 1. The summed E-state index contributed by atoms with van der Waals surface area (Å²) in [6.45, 7) is 5.36. The molecule has 6 heteroatoms. The summed E-state index contributed by atoms with van der Waals surface area (Å²) in [5.74, 6) is 0.682. The van der Waals surface area contributed by atoms with Crippen LogP contribution in [0.2, 0.25) is 0 Å². The minimum Gasteiger partial charge on any atom is -0.396 e. The summed E-state index contributed by atoms with van der Waals surface area (Å²) in [7, 11) is 0. The second kappa shape index (κ2) is 6.32. The molecule has 1 aromatic heterocycles. The fourth-order valence-electron chi connectivity index (χ4n) is 3.16. The predicted molar refractivity (Wildman–Crippen MR) is 86.3 cm³/mol. The Labute approximate surface area is 133 Å². The number of rotatable bonds is 5. The van der Waals surface area contributed by atoms with Crippen LogP contribution >= 0.6 is 15.9 Å². The van der Waals surface area contributed by atoms with Gasteiger partial charge in [-0.1, -0.05) is 0 Å². The Morgan fingerprint density at radius 2 is 2.29 bits per heavy atom. The van der Waals surface area contributed by atoms with Crippen molar-refractivity contribution in [3.63, 3.8) is 0 Å². The second-order valence-corrected chi connectivity index (χ2v) is 7.04. The van der Waals surface area contributed by atoms with E-state index in [9.17, 15) is 4.79 Å². The van der Waals surface area contributed by atoms with Gasteiger partial charge in [-0.05, 0) is 67.1 Å². The fraction of sp³-hybridized carbons (Fsp3) is 0.600. The predicted octanol–water partition coefficient (Wildman–Crippen LogP) is 2.32. The molecule has 0 bridgehead atoms. The third-order valence-corrected chi connectivity index (χ3v) is 4.53. The van der Waals surface area contributed by atoms with Gasteiger partial charge in [-0.15, -0.1) is 0 Å². The minimum atomic E-state index is -0.459. The highest BCUT2D eigenvalue weighted by molar-refractivity contribution is 9.10. The lowest BCUT2D eigenvalue weighted by Gasteiger charge is -2.33. The summed E-state index contributed by atoms with van der Waals surface area (Å²) < 4.78 is 0.692. The molecule has 3 N–H and O–H groups in total. The number of nitrogens with zero attached hydrogens (tertiary/aromatic N) is 2. The van der Waals surface area contributed by atoms with E-state index in [0.717, 1.165) is 25.8 Å². The highest BCUT2D eigenvalue weighted by atomic mass is 79.9. The number of hydrogen-bond acceptors (Lipinski definition) is 4. The number of carbonyl (C=O) groups is 1. The largest absolute Gasteiger partial charge is 0.396 e. The quantitative estimate of drug-likeness (QED) is 0.794.